The van der Waals surface area contributed by atoms with Gasteiger partial charge in [-0.3, -0.25) is 4.98 Å². The average Bonchev–Trinajstić information content (AvgIpc) is 3.18. The largest absolute Gasteiger partial charge is 0.256 e. The van der Waals surface area contributed by atoms with Crippen molar-refractivity contribution in [1.82, 2.24) is 25.0 Å². The van der Waals surface area contributed by atoms with E-state index in [1.54, 1.807) is 30.5 Å². The molecule has 5 aromatic rings. The first-order valence-electron chi connectivity index (χ1n) is 9.54. The SMILES string of the molecule is O=NCc1c(F)cc(-c2ccc3nnn(Cc4cc5cccnc5cc4F)c3n2)cc1F. The molecular formula is C22H13F3N6O. The maximum Gasteiger partial charge on any atom is 0.179 e. The van der Waals surface area contributed by atoms with Crippen LogP contribution in [0, 0.1) is 22.4 Å². The van der Waals surface area contributed by atoms with Crippen LogP contribution in [0.5, 0.6) is 0 Å². The van der Waals surface area contributed by atoms with Gasteiger partial charge in [0.2, 0.25) is 0 Å². The smallest absolute Gasteiger partial charge is 0.179 e. The van der Waals surface area contributed by atoms with Crippen LogP contribution in [0.3, 0.4) is 0 Å². The van der Waals surface area contributed by atoms with Crippen LogP contribution >= 0.6 is 0 Å². The Kier molecular flexibility index (Phi) is 4.81. The molecule has 158 valence electrons. The molecule has 3 heterocycles. The van der Waals surface area contributed by atoms with Crippen molar-refractivity contribution in [2.24, 2.45) is 5.18 Å². The molecule has 32 heavy (non-hydrogen) atoms. The Bertz CT molecular complexity index is 1480. The number of benzene rings is 2. The number of halogens is 3. The molecule has 10 heteroatoms. The van der Waals surface area contributed by atoms with E-state index in [-0.39, 0.29) is 17.8 Å². The van der Waals surface area contributed by atoms with Gasteiger partial charge in [0.1, 0.15) is 29.5 Å². The van der Waals surface area contributed by atoms with Crippen molar-refractivity contribution in [3.8, 4) is 11.3 Å². The lowest BCUT2D eigenvalue weighted by molar-refractivity contribution is 0.557. The number of nitrogens with zero attached hydrogens (tertiary/aromatic N) is 6. The van der Waals surface area contributed by atoms with Crippen molar-refractivity contribution in [2.75, 3.05) is 0 Å². The summed E-state index contributed by atoms with van der Waals surface area (Å²) in [5.41, 5.74) is 1.71. The summed E-state index contributed by atoms with van der Waals surface area (Å²) in [4.78, 5) is 19.0. The van der Waals surface area contributed by atoms with Crippen LogP contribution in [0.15, 0.2) is 59.9 Å². The van der Waals surface area contributed by atoms with Gasteiger partial charge < -0.3 is 0 Å². The van der Waals surface area contributed by atoms with Gasteiger partial charge in [0.15, 0.2) is 5.65 Å². The third-order valence-corrected chi connectivity index (χ3v) is 5.11. The van der Waals surface area contributed by atoms with Gasteiger partial charge >= 0.3 is 0 Å². The minimum Gasteiger partial charge on any atom is -0.256 e. The molecular weight excluding hydrogens is 421 g/mol. The minimum atomic E-state index is -0.889. The van der Waals surface area contributed by atoms with Gasteiger partial charge in [0, 0.05) is 34.3 Å². The Morgan fingerprint density at radius 1 is 0.938 bits per heavy atom. The van der Waals surface area contributed by atoms with Gasteiger partial charge in [-0.2, -0.15) is 4.91 Å². The fraction of sp³-hybridized carbons (Fsp3) is 0.0909. The van der Waals surface area contributed by atoms with Crippen LogP contribution < -0.4 is 0 Å². The summed E-state index contributed by atoms with van der Waals surface area (Å²) < 4.78 is 44.5. The number of rotatable bonds is 5. The van der Waals surface area contributed by atoms with Crippen molar-refractivity contribution in [2.45, 2.75) is 13.1 Å². The Balaban J connectivity index is 1.55. The third kappa shape index (κ3) is 3.45. The molecule has 0 saturated carbocycles. The zero-order valence-electron chi connectivity index (χ0n) is 16.3. The summed E-state index contributed by atoms with van der Waals surface area (Å²) >= 11 is 0. The van der Waals surface area contributed by atoms with Crippen LogP contribution in [-0.2, 0) is 13.1 Å². The summed E-state index contributed by atoms with van der Waals surface area (Å²) in [5, 5.41) is 11.4. The highest BCUT2D eigenvalue weighted by Crippen LogP contribution is 2.26. The highest BCUT2D eigenvalue weighted by Gasteiger charge is 2.16. The van der Waals surface area contributed by atoms with Crippen molar-refractivity contribution < 1.29 is 13.2 Å². The molecule has 0 spiro atoms. The van der Waals surface area contributed by atoms with E-state index in [9.17, 15) is 18.1 Å². The fourth-order valence-electron chi connectivity index (χ4n) is 3.51. The van der Waals surface area contributed by atoms with Gasteiger partial charge in [0.25, 0.3) is 0 Å². The Hall–Kier alpha value is -4.21. The van der Waals surface area contributed by atoms with E-state index in [0.717, 1.165) is 17.5 Å². The Labute approximate surface area is 178 Å². The predicted molar refractivity (Wildman–Crippen MR) is 111 cm³/mol. The molecule has 5 rings (SSSR count). The molecule has 0 amide bonds. The highest BCUT2D eigenvalue weighted by molar-refractivity contribution is 5.79. The zero-order chi connectivity index (χ0) is 22.2. The summed E-state index contributed by atoms with van der Waals surface area (Å²) in [6, 6.07) is 12.0. The first-order valence-corrected chi connectivity index (χ1v) is 9.54. The number of pyridine rings is 2. The summed E-state index contributed by atoms with van der Waals surface area (Å²) in [7, 11) is 0. The van der Waals surface area contributed by atoms with Crippen molar-refractivity contribution in [3.05, 3.63) is 88.2 Å². The van der Waals surface area contributed by atoms with Gasteiger partial charge in [-0.15, -0.1) is 5.10 Å². The van der Waals surface area contributed by atoms with E-state index in [0.29, 0.717) is 22.2 Å². The molecule has 0 bridgehead atoms. The molecule has 0 N–H and O–H groups in total. The molecule has 3 aromatic heterocycles. The zero-order valence-corrected chi connectivity index (χ0v) is 16.3. The quantitative estimate of drug-likeness (QED) is 0.372. The summed E-state index contributed by atoms with van der Waals surface area (Å²) in [5.74, 6) is -2.22. The van der Waals surface area contributed by atoms with E-state index in [1.807, 2.05) is 6.07 Å². The lowest BCUT2D eigenvalue weighted by atomic mass is 10.1. The van der Waals surface area contributed by atoms with E-state index < -0.39 is 29.6 Å². The van der Waals surface area contributed by atoms with Gasteiger partial charge in [-0.05, 0) is 36.4 Å². The number of aromatic nitrogens is 5. The van der Waals surface area contributed by atoms with E-state index in [1.165, 1.54) is 10.7 Å². The second kappa shape index (κ2) is 7.80. The second-order valence-electron chi connectivity index (χ2n) is 7.13. The highest BCUT2D eigenvalue weighted by atomic mass is 19.1. The molecule has 0 saturated heterocycles. The molecule has 0 aliphatic heterocycles. The molecule has 0 aliphatic carbocycles. The summed E-state index contributed by atoms with van der Waals surface area (Å²) in [6.45, 7) is -0.551. The van der Waals surface area contributed by atoms with E-state index in [4.69, 9.17) is 0 Å². The molecule has 0 atom stereocenters. The first kappa shape index (κ1) is 19.7. The summed E-state index contributed by atoms with van der Waals surface area (Å²) in [6.07, 6.45) is 1.59. The molecule has 7 nitrogen and oxygen atoms in total. The molecule has 0 fully saturated rings. The Morgan fingerprint density at radius 3 is 2.53 bits per heavy atom. The Morgan fingerprint density at radius 2 is 1.75 bits per heavy atom. The minimum absolute atomic E-state index is 0.0519. The maximum absolute atomic E-state index is 14.6. The van der Waals surface area contributed by atoms with Crippen LogP contribution in [-0.4, -0.2) is 25.0 Å². The van der Waals surface area contributed by atoms with Crippen molar-refractivity contribution >= 4 is 22.1 Å². The lowest BCUT2D eigenvalue weighted by Crippen LogP contribution is -2.05. The van der Waals surface area contributed by atoms with Crippen LogP contribution in [0.2, 0.25) is 0 Å². The number of nitroso groups, excluding NO2 is 1. The first-order chi connectivity index (χ1) is 15.5. The second-order valence-corrected chi connectivity index (χ2v) is 7.13. The molecule has 2 aromatic carbocycles. The maximum atomic E-state index is 14.6. The molecule has 0 aliphatic rings. The van der Waals surface area contributed by atoms with Gasteiger partial charge in [0.05, 0.1) is 17.8 Å². The van der Waals surface area contributed by atoms with Crippen LogP contribution in [0.4, 0.5) is 13.2 Å². The van der Waals surface area contributed by atoms with E-state index >= 15 is 0 Å². The standard InChI is InChI=1S/C22H13F3N6O/c23-16-9-21-12(2-1-5-26-21)6-14(16)11-31-22-20(29-30-31)4-3-19(28-22)13-7-17(24)15(10-27-32)18(25)8-13/h1-9H,10-11H2. The topological polar surface area (TPSA) is 85.9 Å². The fourth-order valence-corrected chi connectivity index (χ4v) is 3.51. The lowest BCUT2D eigenvalue weighted by Gasteiger charge is -2.08. The van der Waals surface area contributed by atoms with E-state index in [2.05, 4.69) is 25.5 Å². The number of fused-ring (bicyclic) bond motifs is 2. The normalized spacial score (nSPS) is 11.3. The average molecular weight is 434 g/mol. The van der Waals surface area contributed by atoms with Gasteiger partial charge in [-0.25, -0.2) is 22.8 Å². The van der Waals surface area contributed by atoms with Crippen molar-refractivity contribution in [1.29, 1.82) is 0 Å². The molecule has 0 unspecified atom stereocenters. The van der Waals surface area contributed by atoms with Gasteiger partial charge in [-0.1, -0.05) is 16.5 Å². The van der Waals surface area contributed by atoms with Crippen LogP contribution in [0.1, 0.15) is 11.1 Å². The monoisotopic (exact) mass is 434 g/mol. The third-order valence-electron chi connectivity index (χ3n) is 5.11. The predicted octanol–water partition coefficient (Wildman–Crippen LogP) is 4.77. The number of hydrogen-bond acceptors (Lipinski definition) is 6. The van der Waals surface area contributed by atoms with Crippen LogP contribution in [0.25, 0.3) is 33.3 Å². The molecule has 0 radical (unpaired) electrons. The number of hydrogen-bond donors (Lipinski definition) is 0. The van der Waals surface area contributed by atoms with Crippen molar-refractivity contribution in [3.63, 3.8) is 0 Å².